The van der Waals surface area contributed by atoms with E-state index >= 15 is 0 Å². The fraction of sp³-hybridized carbons (Fsp3) is 0.286. The van der Waals surface area contributed by atoms with E-state index in [0.29, 0.717) is 23.0 Å². The zero-order valence-corrected chi connectivity index (χ0v) is 9.54. The van der Waals surface area contributed by atoms with Crippen LogP contribution < -0.4 is 16.7 Å². The van der Waals surface area contributed by atoms with Crippen LogP contribution >= 0.6 is 12.2 Å². The number of hydrogen-bond acceptors (Lipinski definition) is 6. The molecule has 2 aliphatic heterocycles. The Balaban J connectivity index is 2.42. The number of thiocarbonyl (C=S) groups is 1. The number of fused-ring (bicyclic) bond motifs is 1. The van der Waals surface area contributed by atoms with Gasteiger partial charge >= 0.3 is 0 Å². The first-order valence-electron chi connectivity index (χ1n) is 4.46. The van der Waals surface area contributed by atoms with Crippen LogP contribution in [0.3, 0.4) is 0 Å². The highest BCUT2D eigenvalue weighted by Gasteiger charge is 2.18. The van der Waals surface area contributed by atoms with Crippen molar-refractivity contribution >= 4 is 17.3 Å². The summed E-state index contributed by atoms with van der Waals surface area (Å²) in [7, 11) is 0. The normalized spacial score (nSPS) is 10.4. The Morgan fingerprint density at radius 1 is 1.25 bits per heavy atom. The molecule has 0 bridgehead atoms. The van der Waals surface area contributed by atoms with Gasteiger partial charge in [0.1, 0.15) is 0 Å². The van der Waals surface area contributed by atoms with Gasteiger partial charge in [0.25, 0.3) is 0 Å². The molecule has 0 aromatic carbocycles. The lowest BCUT2D eigenvalue weighted by molar-refractivity contribution is 0.711. The highest BCUT2D eigenvalue weighted by molar-refractivity contribution is 7.80. The molecule has 0 amide bonds. The average Bonchev–Trinajstić information content (AvgIpc) is 2.59. The number of nitrogens with one attached hydrogen (secondary N) is 2. The fourth-order valence-corrected chi connectivity index (χ4v) is 1.26. The van der Waals surface area contributed by atoms with E-state index in [2.05, 4.69) is 43.6 Å². The molecule has 16 heavy (non-hydrogen) atoms. The van der Waals surface area contributed by atoms with Crippen molar-refractivity contribution < 1.29 is 0 Å². The minimum Gasteiger partial charge on any atom is -0.375 e. The molecule has 0 unspecified atom stereocenters. The summed E-state index contributed by atoms with van der Waals surface area (Å²) < 4.78 is 1.57. The zero-order chi connectivity index (χ0) is 11.7. The predicted octanol–water partition coefficient (Wildman–Crippen LogP) is -0.919. The molecule has 0 aromatic heterocycles. The second kappa shape index (κ2) is 3.85. The van der Waals surface area contributed by atoms with Crippen molar-refractivity contribution in [3.63, 3.8) is 0 Å². The Morgan fingerprint density at radius 3 is 2.69 bits per heavy atom. The summed E-state index contributed by atoms with van der Waals surface area (Å²) >= 11 is 4.68. The second-order valence-corrected chi connectivity index (χ2v) is 3.58. The van der Waals surface area contributed by atoms with Crippen molar-refractivity contribution in [3.05, 3.63) is 11.5 Å². The molecule has 2 rings (SSSR count). The third kappa shape index (κ3) is 1.72. The van der Waals surface area contributed by atoms with Crippen molar-refractivity contribution in [2.24, 2.45) is 5.73 Å². The number of rotatable bonds is 2. The topological polar surface area (TPSA) is 107 Å². The van der Waals surface area contributed by atoms with Gasteiger partial charge < -0.3 is 5.73 Å². The Kier molecular flexibility index (Phi) is 2.52. The molecule has 0 aliphatic carbocycles. The lowest BCUT2D eigenvalue weighted by Gasteiger charge is -2.15. The first-order chi connectivity index (χ1) is 7.59. The van der Waals surface area contributed by atoms with Crippen molar-refractivity contribution in [2.45, 2.75) is 13.8 Å². The lowest BCUT2D eigenvalue weighted by Crippen LogP contribution is -2.40. The zero-order valence-electron chi connectivity index (χ0n) is 8.72. The summed E-state index contributed by atoms with van der Waals surface area (Å²) in [6.45, 7) is 3.58. The molecular formula is C7H10N8S. The van der Waals surface area contributed by atoms with Gasteiger partial charge in [0.15, 0.2) is 16.6 Å². The SMILES string of the molecule is Cc1nnc2n(NNC(N)=S)c(C)nnc1-2. The summed E-state index contributed by atoms with van der Waals surface area (Å²) in [6, 6.07) is 0. The van der Waals surface area contributed by atoms with E-state index < -0.39 is 0 Å². The Labute approximate surface area is 96.5 Å². The van der Waals surface area contributed by atoms with Gasteiger partial charge in [-0.15, -0.1) is 15.3 Å². The second-order valence-electron chi connectivity index (χ2n) is 3.14. The summed E-state index contributed by atoms with van der Waals surface area (Å²) in [4.78, 5) is 0. The van der Waals surface area contributed by atoms with Crippen molar-refractivity contribution in [3.8, 4) is 11.5 Å². The lowest BCUT2D eigenvalue weighted by atomic mass is 10.3. The van der Waals surface area contributed by atoms with Gasteiger partial charge in [0.2, 0.25) is 5.82 Å². The predicted molar refractivity (Wildman–Crippen MR) is 61.0 cm³/mol. The van der Waals surface area contributed by atoms with Gasteiger partial charge in [0, 0.05) is 0 Å². The number of hydrazine groups is 1. The largest absolute Gasteiger partial charge is 0.375 e. The standard InChI is InChI=1S/C7H10N8S/c1-3-5-6(12-9-3)15(4(2)10-11-5)14-13-7(8)16/h14H,1-2H3,(H3,8,13,16). The van der Waals surface area contributed by atoms with Crippen molar-refractivity contribution in [1.29, 1.82) is 0 Å². The van der Waals surface area contributed by atoms with Crippen LogP contribution in [0.4, 0.5) is 0 Å². The molecule has 0 aromatic rings. The minimum atomic E-state index is 0.119. The maximum atomic E-state index is 5.31. The maximum Gasteiger partial charge on any atom is 0.206 e. The van der Waals surface area contributed by atoms with Crippen LogP contribution in [0.5, 0.6) is 0 Å². The molecule has 0 saturated carbocycles. The molecule has 84 valence electrons. The van der Waals surface area contributed by atoms with Gasteiger partial charge in [-0.1, -0.05) is 0 Å². The van der Waals surface area contributed by atoms with E-state index in [0.717, 1.165) is 0 Å². The molecular weight excluding hydrogens is 228 g/mol. The van der Waals surface area contributed by atoms with Crippen LogP contribution in [-0.2, 0) is 0 Å². The average molecular weight is 238 g/mol. The molecule has 0 saturated heterocycles. The van der Waals surface area contributed by atoms with Gasteiger partial charge in [-0.3, -0.25) is 5.43 Å². The molecule has 2 aliphatic rings. The van der Waals surface area contributed by atoms with Crippen LogP contribution in [0.2, 0.25) is 0 Å². The summed E-state index contributed by atoms with van der Waals surface area (Å²) in [5.41, 5.74) is 12.0. The van der Waals surface area contributed by atoms with Crippen molar-refractivity contribution in [1.82, 2.24) is 30.5 Å². The molecule has 0 atom stereocenters. The molecule has 9 heteroatoms. The Morgan fingerprint density at radius 2 is 2.00 bits per heavy atom. The van der Waals surface area contributed by atoms with Gasteiger partial charge in [0.05, 0.1) is 5.69 Å². The van der Waals surface area contributed by atoms with Crippen LogP contribution in [-0.4, -0.2) is 30.2 Å². The maximum absolute atomic E-state index is 5.31. The third-order valence-corrected chi connectivity index (χ3v) is 2.07. The van der Waals surface area contributed by atoms with E-state index in [4.69, 9.17) is 5.73 Å². The number of nitrogens with two attached hydrogens (primary N) is 1. The van der Waals surface area contributed by atoms with E-state index in [9.17, 15) is 0 Å². The van der Waals surface area contributed by atoms with Gasteiger partial charge in [-0.2, -0.15) is 5.10 Å². The Bertz CT molecular complexity index is 506. The highest BCUT2D eigenvalue weighted by Crippen LogP contribution is 2.17. The molecule has 4 N–H and O–H groups in total. The molecule has 0 fully saturated rings. The highest BCUT2D eigenvalue weighted by atomic mass is 32.1. The number of aryl methyl sites for hydroxylation is 2. The van der Waals surface area contributed by atoms with Crippen LogP contribution in [0.1, 0.15) is 11.5 Å². The first-order valence-corrected chi connectivity index (χ1v) is 4.87. The number of hydrogen-bond donors (Lipinski definition) is 3. The van der Waals surface area contributed by atoms with Gasteiger partial charge in [-0.25, -0.2) is 10.2 Å². The molecule has 0 radical (unpaired) electrons. The third-order valence-electron chi connectivity index (χ3n) is 1.97. The van der Waals surface area contributed by atoms with Crippen LogP contribution in [0, 0.1) is 13.8 Å². The summed E-state index contributed by atoms with van der Waals surface area (Å²) in [5, 5.41) is 16.0. The molecule has 0 spiro atoms. The smallest absolute Gasteiger partial charge is 0.206 e. The Hall–Kier alpha value is -2.03. The number of aromatic nitrogens is 5. The quantitative estimate of drug-likeness (QED) is 0.455. The monoisotopic (exact) mass is 238 g/mol. The molecule has 8 nitrogen and oxygen atoms in total. The number of nitrogens with zero attached hydrogens (tertiary/aromatic N) is 5. The van der Waals surface area contributed by atoms with Crippen molar-refractivity contribution in [2.75, 3.05) is 5.53 Å². The van der Waals surface area contributed by atoms with Crippen LogP contribution in [0.15, 0.2) is 0 Å². The van der Waals surface area contributed by atoms with E-state index in [-0.39, 0.29) is 5.11 Å². The van der Waals surface area contributed by atoms with Gasteiger partial charge in [-0.05, 0) is 26.1 Å². The van der Waals surface area contributed by atoms with E-state index in [1.807, 2.05) is 6.92 Å². The molecule has 2 heterocycles. The van der Waals surface area contributed by atoms with E-state index in [1.165, 1.54) is 0 Å². The summed E-state index contributed by atoms with van der Waals surface area (Å²) in [6.07, 6.45) is 0. The fourth-order valence-electron chi connectivity index (χ4n) is 1.21. The van der Waals surface area contributed by atoms with Crippen LogP contribution in [0.25, 0.3) is 11.5 Å². The minimum absolute atomic E-state index is 0.119. The first kappa shape index (κ1) is 10.5. The van der Waals surface area contributed by atoms with E-state index in [1.54, 1.807) is 11.6 Å². The summed E-state index contributed by atoms with van der Waals surface area (Å²) in [5.74, 6) is 1.17.